The first-order chi connectivity index (χ1) is 6.83. The molecule has 1 unspecified atom stereocenters. The molecular weight excluding hydrogens is 216 g/mol. The van der Waals surface area contributed by atoms with Gasteiger partial charge in [0.15, 0.2) is 5.17 Å². The lowest BCUT2D eigenvalue weighted by Crippen LogP contribution is -2.29. The van der Waals surface area contributed by atoms with Crippen molar-refractivity contribution >= 4 is 34.6 Å². The van der Waals surface area contributed by atoms with Crippen LogP contribution >= 0.6 is 23.1 Å². The summed E-state index contributed by atoms with van der Waals surface area (Å²) < 4.78 is 0. The van der Waals surface area contributed by atoms with Gasteiger partial charge in [0, 0.05) is 17.2 Å². The van der Waals surface area contributed by atoms with Crippen molar-refractivity contribution in [2.45, 2.75) is 6.04 Å². The SMILES string of the molecule is N=C1SCCN1C(C=O)c1cccs1. The van der Waals surface area contributed by atoms with E-state index < -0.39 is 0 Å². The molecule has 0 radical (unpaired) electrons. The predicted molar refractivity (Wildman–Crippen MR) is 60.0 cm³/mol. The maximum absolute atomic E-state index is 11.0. The van der Waals surface area contributed by atoms with E-state index >= 15 is 0 Å². The zero-order valence-corrected chi connectivity index (χ0v) is 9.11. The van der Waals surface area contributed by atoms with Crippen LogP contribution < -0.4 is 0 Å². The van der Waals surface area contributed by atoms with Crippen LogP contribution in [-0.4, -0.2) is 28.7 Å². The Morgan fingerprint density at radius 3 is 3.00 bits per heavy atom. The maximum Gasteiger partial charge on any atom is 0.157 e. The van der Waals surface area contributed by atoms with Gasteiger partial charge in [-0.1, -0.05) is 17.8 Å². The van der Waals surface area contributed by atoms with Crippen molar-refractivity contribution in [1.82, 2.24) is 4.90 Å². The number of aldehydes is 1. The average Bonchev–Trinajstić information content (AvgIpc) is 2.80. The van der Waals surface area contributed by atoms with Gasteiger partial charge in [-0.15, -0.1) is 11.3 Å². The van der Waals surface area contributed by atoms with Crippen molar-refractivity contribution < 1.29 is 4.79 Å². The molecule has 0 saturated carbocycles. The quantitative estimate of drug-likeness (QED) is 0.801. The molecule has 2 rings (SSSR count). The average molecular weight is 226 g/mol. The first kappa shape index (κ1) is 9.73. The van der Waals surface area contributed by atoms with Crippen LogP contribution in [0.5, 0.6) is 0 Å². The van der Waals surface area contributed by atoms with Crippen molar-refractivity contribution in [3.63, 3.8) is 0 Å². The summed E-state index contributed by atoms with van der Waals surface area (Å²) in [4.78, 5) is 13.9. The summed E-state index contributed by atoms with van der Waals surface area (Å²) in [5, 5.41) is 10.1. The van der Waals surface area contributed by atoms with Crippen molar-refractivity contribution in [2.75, 3.05) is 12.3 Å². The Bertz CT molecular complexity index is 337. The molecule has 0 aromatic carbocycles. The second-order valence-corrected chi connectivity index (χ2v) is 5.01. The van der Waals surface area contributed by atoms with E-state index in [1.807, 2.05) is 22.4 Å². The summed E-state index contributed by atoms with van der Waals surface area (Å²) in [6.07, 6.45) is 0.923. The number of hydrogen-bond acceptors (Lipinski definition) is 4. The van der Waals surface area contributed by atoms with Crippen LogP contribution in [0.15, 0.2) is 17.5 Å². The molecule has 1 aliphatic heterocycles. The standard InChI is InChI=1S/C9H10N2OS2/c10-9-11(3-5-14-9)7(6-12)8-2-1-4-13-8/h1-2,4,6-7,10H,3,5H2. The summed E-state index contributed by atoms with van der Waals surface area (Å²) in [5.41, 5.74) is 0. The van der Waals surface area contributed by atoms with Crippen LogP contribution in [0.1, 0.15) is 10.9 Å². The molecule has 1 saturated heterocycles. The maximum atomic E-state index is 11.0. The molecule has 1 N–H and O–H groups in total. The highest BCUT2D eigenvalue weighted by Gasteiger charge is 2.27. The van der Waals surface area contributed by atoms with Gasteiger partial charge in [0.05, 0.1) is 0 Å². The molecule has 0 bridgehead atoms. The molecule has 14 heavy (non-hydrogen) atoms. The van der Waals surface area contributed by atoms with Crippen LogP contribution in [-0.2, 0) is 4.79 Å². The fourth-order valence-electron chi connectivity index (χ4n) is 1.44. The Morgan fingerprint density at radius 2 is 2.50 bits per heavy atom. The predicted octanol–water partition coefficient (Wildman–Crippen LogP) is 1.97. The lowest BCUT2D eigenvalue weighted by molar-refractivity contribution is -0.111. The minimum atomic E-state index is -0.252. The second kappa shape index (κ2) is 4.14. The summed E-state index contributed by atoms with van der Waals surface area (Å²) >= 11 is 3.07. The molecule has 1 aromatic rings. The summed E-state index contributed by atoms with van der Waals surface area (Å²) in [7, 11) is 0. The molecule has 3 nitrogen and oxygen atoms in total. The third-order valence-electron chi connectivity index (χ3n) is 2.13. The van der Waals surface area contributed by atoms with E-state index in [9.17, 15) is 4.79 Å². The topological polar surface area (TPSA) is 44.2 Å². The Balaban J connectivity index is 2.21. The minimum absolute atomic E-state index is 0.252. The second-order valence-electron chi connectivity index (χ2n) is 2.94. The number of nitrogens with zero attached hydrogens (tertiary/aromatic N) is 1. The van der Waals surface area contributed by atoms with E-state index in [-0.39, 0.29) is 6.04 Å². The Kier molecular flexibility index (Phi) is 2.88. The zero-order chi connectivity index (χ0) is 9.97. The number of hydrogen-bond donors (Lipinski definition) is 1. The van der Waals surface area contributed by atoms with Gasteiger partial charge in [0.2, 0.25) is 0 Å². The summed E-state index contributed by atoms with van der Waals surface area (Å²) in [6.45, 7) is 0.796. The number of thiophene rings is 1. The van der Waals surface area contributed by atoms with Gasteiger partial charge in [0.25, 0.3) is 0 Å². The molecule has 74 valence electrons. The van der Waals surface area contributed by atoms with E-state index in [0.717, 1.165) is 23.5 Å². The molecule has 0 aliphatic carbocycles. The van der Waals surface area contributed by atoms with Gasteiger partial charge < -0.3 is 9.69 Å². The van der Waals surface area contributed by atoms with Gasteiger partial charge in [-0.05, 0) is 11.4 Å². The van der Waals surface area contributed by atoms with Gasteiger partial charge in [-0.2, -0.15) is 0 Å². The smallest absolute Gasteiger partial charge is 0.157 e. The third kappa shape index (κ3) is 1.69. The first-order valence-corrected chi connectivity index (χ1v) is 6.16. The largest absolute Gasteiger partial charge is 0.336 e. The lowest BCUT2D eigenvalue weighted by Gasteiger charge is -2.22. The molecular formula is C9H10N2OS2. The first-order valence-electron chi connectivity index (χ1n) is 4.29. The molecule has 1 atom stereocenters. The van der Waals surface area contributed by atoms with Crippen LogP contribution in [0.2, 0.25) is 0 Å². The van der Waals surface area contributed by atoms with Gasteiger partial charge >= 0.3 is 0 Å². The van der Waals surface area contributed by atoms with Crippen molar-refractivity contribution in [3.8, 4) is 0 Å². The molecule has 1 aliphatic rings. The highest BCUT2D eigenvalue weighted by molar-refractivity contribution is 8.14. The van der Waals surface area contributed by atoms with Crippen molar-refractivity contribution in [2.24, 2.45) is 0 Å². The molecule has 2 heterocycles. The normalized spacial score (nSPS) is 18.6. The van der Waals surface area contributed by atoms with Crippen molar-refractivity contribution in [3.05, 3.63) is 22.4 Å². The van der Waals surface area contributed by atoms with E-state index in [1.165, 1.54) is 11.8 Å². The Morgan fingerprint density at radius 1 is 1.64 bits per heavy atom. The van der Waals surface area contributed by atoms with Crippen molar-refractivity contribution in [1.29, 1.82) is 5.41 Å². The van der Waals surface area contributed by atoms with E-state index in [2.05, 4.69) is 0 Å². The molecule has 0 spiro atoms. The van der Waals surface area contributed by atoms with Gasteiger partial charge in [0.1, 0.15) is 12.3 Å². The molecule has 1 aromatic heterocycles. The fourth-order valence-corrected chi connectivity index (χ4v) is 3.09. The fraction of sp³-hybridized carbons (Fsp3) is 0.333. The van der Waals surface area contributed by atoms with Crippen LogP contribution in [0.3, 0.4) is 0 Å². The molecule has 1 fully saturated rings. The van der Waals surface area contributed by atoms with Crippen LogP contribution in [0.25, 0.3) is 0 Å². The van der Waals surface area contributed by atoms with Gasteiger partial charge in [-0.3, -0.25) is 5.41 Å². The number of carbonyl (C=O) groups excluding carboxylic acids is 1. The molecule has 0 amide bonds. The summed E-state index contributed by atoms with van der Waals surface area (Å²) in [5.74, 6) is 0.911. The van der Waals surface area contributed by atoms with E-state index in [0.29, 0.717) is 5.17 Å². The number of amidine groups is 1. The zero-order valence-electron chi connectivity index (χ0n) is 7.47. The highest BCUT2D eigenvalue weighted by Crippen LogP contribution is 2.29. The third-order valence-corrected chi connectivity index (χ3v) is 3.97. The minimum Gasteiger partial charge on any atom is -0.336 e. The van der Waals surface area contributed by atoms with E-state index in [4.69, 9.17) is 5.41 Å². The van der Waals surface area contributed by atoms with Crippen LogP contribution in [0.4, 0.5) is 0 Å². The number of nitrogens with one attached hydrogen (secondary N) is 1. The van der Waals surface area contributed by atoms with Crippen LogP contribution in [0, 0.1) is 5.41 Å². The number of carbonyl (C=O) groups is 1. The van der Waals surface area contributed by atoms with Gasteiger partial charge in [-0.25, -0.2) is 0 Å². The Labute approximate surface area is 90.6 Å². The number of rotatable bonds is 3. The molecule has 5 heteroatoms. The van der Waals surface area contributed by atoms with E-state index in [1.54, 1.807) is 11.3 Å². The highest BCUT2D eigenvalue weighted by atomic mass is 32.2. The monoisotopic (exact) mass is 226 g/mol. The lowest BCUT2D eigenvalue weighted by atomic mass is 10.2. The number of thioether (sulfide) groups is 1. The summed E-state index contributed by atoms with van der Waals surface area (Å²) in [6, 6.07) is 3.63. The Hall–Kier alpha value is -0.810.